The number of likely N-dealkylation sites (N-methyl/N-ethyl adjacent to an activating group) is 1. The monoisotopic (exact) mass is 128 g/mol. The number of rotatable bonds is 0. The smallest absolute Gasteiger partial charge is 0.242 e. The molecule has 0 aromatic rings. The van der Waals surface area contributed by atoms with Crippen LogP contribution < -0.4 is 5.73 Å². The summed E-state index contributed by atoms with van der Waals surface area (Å²) >= 11 is 0. The van der Waals surface area contributed by atoms with Gasteiger partial charge < -0.3 is 10.6 Å². The Bertz CT molecular complexity index is 139. The van der Waals surface area contributed by atoms with Crippen molar-refractivity contribution >= 4 is 5.91 Å². The van der Waals surface area contributed by atoms with Crippen LogP contribution in [0, 0.1) is 0 Å². The lowest BCUT2D eigenvalue weighted by Gasteiger charge is -2.50. The van der Waals surface area contributed by atoms with E-state index in [9.17, 15) is 4.79 Å². The van der Waals surface area contributed by atoms with Gasteiger partial charge in [-0.2, -0.15) is 0 Å². The molecule has 0 aromatic heterocycles. The molecule has 0 aromatic carbocycles. The van der Waals surface area contributed by atoms with Crippen molar-refractivity contribution < 1.29 is 4.79 Å². The van der Waals surface area contributed by atoms with Crippen molar-refractivity contribution in [1.29, 1.82) is 0 Å². The van der Waals surface area contributed by atoms with Crippen molar-refractivity contribution in [2.24, 2.45) is 5.73 Å². The van der Waals surface area contributed by atoms with Crippen LogP contribution >= 0.6 is 0 Å². The summed E-state index contributed by atoms with van der Waals surface area (Å²) in [5, 5.41) is 0. The SMILES string of the molecule is CN1C(=O)C(N)C1(C)C. The molecule has 1 rings (SSSR count). The van der Waals surface area contributed by atoms with E-state index >= 15 is 0 Å². The maximum atomic E-state index is 10.8. The van der Waals surface area contributed by atoms with Gasteiger partial charge >= 0.3 is 0 Å². The van der Waals surface area contributed by atoms with E-state index in [1.165, 1.54) is 0 Å². The van der Waals surface area contributed by atoms with Crippen LogP contribution in [-0.4, -0.2) is 29.4 Å². The fourth-order valence-electron chi connectivity index (χ4n) is 0.937. The standard InChI is InChI=1S/C6H12N2O/c1-6(2)4(7)5(9)8(6)3/h4H,7H2,1-3H3. The molecule has 2 N–H and O–H groups in total. The van der Waals surface area contributed by atoms with Crippen molar-refractivity contribution in [2.45, 2.75) is 25.4 Å². The largest absolute Gasteiger partial charge is 0.337 e. The Morgan fingerprint density at radius 2 is 2.11 bits per heavy atom. The minimum Gasteiger partial charge on any atom is -0.337 e. The quantitative estimate of drug-likeness (QED) is 0.450. The summed E-state index contributed by atoms with van der Waals surface area (Å²) in [5.41, 5.74) is 5.37. The summed E-state index contributed by atoms with van der Waals surface area (Å²) in [6, 6.07) is -0.289. The van der Waals surface area contributed by atoms with Crippen molar-refractivity contribution in [3.05, 3.63) is 0 Å². The number of carbonyl (C=O) groups excluding carboxylic acids is 1. The molecule has 1 fully saturated rings. The highest BCUT2D eigenvalue weighted by Gasteiger charge is 2.49. The molecule has 0 bridgehead atoms. The molecule has 0 saturated carbocycles. The molecule has 0 spiro atoms. The molecule has 9 heavy (non-hydrogen) atoms. The maximum Gasteiger partial charge on any atom is 0.242 e. The zero-order valence-electron chi connectivity index (χ0n) is 6.01. The molecule has 1 atom stereocenters. The third kappa shape index (κ3) is 0.580. The number of nitrogens with two attached hydrogens (primary N) is 1. The Morgan fingerprint density at radius 1 is 1.67 bits per heavy atom. The number of hydrogen-bond donors (Lipinski definition) is 1. The normalized spacial score (nSPS) is 32.2. The summed E-state index contributed by atoms with van der Waals surface area (Å²) in [7, 11) is 1.77. The van der Waals surface area contributed by atoms with E-state index < -0.39 is 0 Å². The van der Waals surface area contributed by atoms with Gasteiger partial charge in [-0.15, -0.1) is 0 Å². The van der Waals surface area contributed by atoms with E-state index in [1.807, 2.05) is 13.8 Å². The van der Waals surface area contributed by atoms with Gasteiger partial charge in [0.05, 0.1) is 5.54 Å². The first-order valence-electron chi connectivity index (χ1n) is 3.01. The van der Waals surface area contributed by atoms with Gasteiger partial charge in [0.15, 0.2) is 0 Å². The lowest BCUT2D eigenvalue weighted by molar-refractivity contribution is -0.154. The molecule has 3 nitrogen and oxygen atoms in total. The minimum absolute atomic E-state index is 0.0417. The molecule has 0 radical (unpaired) electrons. The Labute approximate surface area is 54.8 Å². The molecular weight excluding hydrogens is 116 g/mol. The lowest BCUT2D eigenvalue weighted by atomic mass is 9.84. The fraction of sp³-hybridized carbons (Fsp3) is 0.833. The maximum absolute atomic E-state index is 10.8. The van der Waals surface area contributed by atoms with Gasteiger partial charge in [0, 0.05) is 7.05 Å². The number of hydrogen-bond acceptors (Lipinski definition) is 2. The van der Waals surface area contributed by atoms with Gasteiger partial charge in [-0.25, -0.2) is 0 Å². The van der Waals surface area contributed by atoms with Gasteiger partial charge in [0.2, 0.25) is 5.91 Å². The summed E-state index contributed by atoms with van der Waals surface area (Å²) in [6.07, 6.45) is 0. The van der Waals surface area contributed by atoms with Crippen molar-refractivity contribution in [1.82, 2.24) is 4.90 Å². The van der Waals surface area contributed by atoms with Crippen LogP contribution in [0.3, 0.4) is 0 Å². The van der Waals surface area contributed by atoms with Gasteiger partial charge in [-0.05, 0) is 13.8 Å². The van der Waals surface area contributed by atoms with Gasteiger partial charge in [-0.3, -0.25) is 4.79 Å². The highest BCUT2D eigenvalue weighted by atomic mass is 16.2. The molecule has 1 saturated heterocycles. The lowest BCUT2D eigenvalue weighted by Crippen LogP contribution is -2.73. The van der Waals surface area contributed by atoms with E-state index in [0.717, 1.165) is 0 Å². The first-order valence-corrected chi connectivity index (χ1v) is 3.01. The molecule has 1 amide bonds. The average Bonchev–Trinajstić information content (AvgIpc) is 1.84. The van der Waals surface area contributed by atoms with E-state index in [0.29, 0.717) is 0 Å². The molecule has 1 unspecified atom stereocenters. The third-order valence-electron chi connectivity index (χ3n) is 2.22. The molecule has 3 heteroatoms. The minimum atomic E-state index is -0.289. The van der Waals surface area contributed by atoms with Crippen molar-refractivity contribution in [3.8, 4) is 0 Å². The summed E-state index contributed by atoms with van der Waals surface area (Å²) in [6.45, 7) is 3.91. The Hall–Kier alpha value is -0.570. The van der Waals surface area contributed by atoms with Crippen molar-refractivity contribution in [2.75, 3.05) is 7.05 Å². The summed E-state index contributed by atoms with van der Waals surface area (Å²) in [4.78, 5) is 12.4. The number of amides is 1. The van der Waals surface area contributed by atoms with E-state index in [-0.39, 0.29) is 17.5 Å². The third-order valence-corrected chi connectivity index (χ3v) is 2.22. The molecule has 52 valence electrons. The van der Waals surface area contributed by atoms with E-state index in [2.05, 4.69) is 0 Å². The zero-order chi connectivity index (χ0) is 7.23. The molecule has 0 aliphatic carbocycles. The predicted molar refractivity (Wildman–Crippen MR) is 34.8 cm³/mol. The second-order valence-corrected chi connectivity index (χ2v) is 3.03. The fourth-order valence-corrected chi connectivity index (χ4v) is 0.937. The topological polar surface area (TPSA) is 46.3 Å². The van der Waals surface area contributed by atoms with Crippen molar-refractivity contribution in [3.63, 3.8) is 0 Å². The molecular formula is C6H12N2O. The number of carbonyl (C=O) groups is 1. The van der Waals surface area contributed by atoms with E-state index in [4.69, 9.17) is 5.73 Å². The highest BCUT2D eigenvalue weighted by Crippen LogP contribution is 2.27. The van der Waals surface area contributed by atoms with Crippen LogP contribution in [0.25, 0.3) is 0 Å². The highest BCUT2D eigenvalue weighted by molar-refractivity contribution is 5.90. The van der Waals surface area contributed by atoms with Crippen LogP contribution in [0.4, 0.5) is 0 Å². The Kier molecular flexibility index (Phi) is 1.07. The second-order valence-electron chi connectivity index (χ2n) is 3.03. The van der Waals surface area contributed by atoms with E-state index in [1.54, 1.807) is 11.9 Å². The average molecular weight is 128 g/mol. The first-order chi connectivity index (χ1) is 3.98. The molecule has 1 aliphatic rings. The van der Waals surface area contributed by atoms with Crippen LogP contribution in [0.15, 0.2) is 0 Å². The van der Waals surface area contributed by atoms with Gasteiger partial charge in [0.1, 0.15) is 6.04 Å². The van der Waals surface area contributed by atoms with Crippen LogP contribution in [0.2, 0.25) is 0 Å². The first kappa shape index (κ1) is 6.55. The Balaban J connectivity index is 2.73. The zero-order valence-corrected chi connectivity index (χ0v) is 6.01. The number of β-lactam (4-membered cyclic amide) rings is 1. The predicted octanol–water partition coefficient (Wildman–Crippen LogP) is -0.436. The molecule has 1 aliphatic heterocycles. The van der Waals surface area contributed by atoms with Crippen LogP contribution in [0.5, 0.6) is 0 Å². The molecule has 1 heterocycles. The summed E-state index contributed by atoms with van der Waals surface area (Å²) < 4.78 is 0. The Morgan fingerprint density at radius 3 is 2.22 bits per heavy atom. The van der Waals surface area contributed by atoms with Crippen LogP contribution in [0.1, 0.15) is 13.8 Å². The summed E-state index contributed by atoms with van der Waals surface area (Å²) in [5.74, 6) is 0.0417. The van der Waals surface area contributed by atoms with Gasteiger partial charge in [0.25, 0.3) is 0 Å². The number of nitrogens with zero attached hydrogens (tertiary/aromatic N) is 1. The number of likely N-dealkylation sites (tertiary alicyclic amines) is 1. The second kappa shape index (κ2) is 1.48. The van der Waals surface area contributed by atoms with Gasteiger partial charge in [-0.1, -0.05) is 0 Å². The van der Waals surface area contributed by atoms with Crippen LogP contribution in [-0.2, 0) is 4.79 Å².